The summed E-state index contributed by atoms with van der Waals surface area (Å²) >= 11 is 0. The number of hydrogen-bond acceptors (Lipinski definition) is 2. The van der Waals surface area contributed by atoms with E-state index in [1.165, 1.54) is 25.0 Å². The molecule has 126 valence electrons. The molecule has 1 aromatic rings. The summed E-state index contributed by atoms with van der Waals surface area (Å²) in [5, 5.41) is 5.24. The van der Waals surface area contributed by atoms with Crippen molar-refractivity contribution in [3.05, 3.63) is 35.6 Å². The first kappa shape index (κ1) is 17.2. The SMILES string of the molecule is CCCN(CC1CC1)C(=O)CNC(=O)NCc1ccc(F)cc1. The second-order valence-corrected chi connectivity index (χ2v) is 5.95. The molecule has 1 aliphatic rings. The highest BCUT2D eigenvalue weighted by molar-refractivity contribution is 5.84. The lowest BCUT2D eigenvalue weighted by molar-refractivity contribution is -0.130. The number of hydrogen-bond donors (Lipinski definition) is 2. The number of rotatable bonds is 8. The van der Waals surface area contributed by atoms with Crippen LogP contribution in [0, 0.1) is 11.7 Å². The van der Waals surface area contributed by atoms with Gasteiger partial charge in [0.25, 0.3) is 0 Å². The van der Waals surface area contributed by atoms with Gasteiger partial charge in [0.05, 0.1) is 6.54 Å². The van der Waals surface area contributed by atoms with Crippen LogP contribution in [0.1, 0.15) is 31.7 Å². The molecule has 5 nitrogen and oxygen atoms in total. The van der Waals surface area contributed by atoms with E-state index < -0.39 is 6.03 Å². The average molecular weight is 321 g/mol. The molecule has 0 spiro atoms. The van der Waals surface area contributed by atoms with Crippen LogP contribution in [0.3, 0.4) is 0 Å². The van der Waals surface area contributed by atoms with E-state index in [-0.39, 0.29) is 18.3 Å². The van der Waals surface area contributed by atoms with Gasteiger partial charge in [0.1, 0.15) is 5.82 Å². The highest BCUT2D eigenvalue weighted by Crippen LogP contribution is 2.29. The van der Waals surface area contributed by atoms with Gasteiger partial charge in [-0.15, -0.1) is 0 Å². The third kappa shape index (κ3) is 6.26. The third-order valence-corrected chi connectivity index (χ3v) is 3.79. The van der Waals surface area contributed by atoms with Crippen molar-refractivity contribution in [1.29, 1.82) is 0 Å². The van der Waals surface area contributed by atoms with Crippen LogP contribution in [0.4, 0.5) is 9.18 Å². The first-order valence-corrected chi connectivity index (χ1v) is 8.12. The maximum Gasteiger partial charge on any atom is 0.315 e. The van der Waals surface area contributed by atoms with Crippen molar-refractivity contribution >= 4 is 11.9 Å². The zero-order valence-corrected chi connectivity index (χ0v) is 13.5. The fourth-order valence-electron chi connectivity index (χ4n) is 2.31. The molecule has 1 saturated carbocycles. The van der Waals surface area contributed by atoms with Gasteiger partial charge in [-0.3, -0.25) is 4.79 Å². The Balaban J connectivity index is 1.69. The van der Waals surface area contributed by atoms with Crippen LogP contribution in [0.5, 0.6) is 0 Å². The molecule has 0 saturated heterocycles. The van der Waals surface area contributed by atoms with Crippen molar-refractivity contribution in [3.63, 3.8) is 0 Å². The Morgan fingerprint density at radius 1 is 1.22 bits per heavy atom. The minimum Gasteiger partial charge on any atom is -0.341 e. The molecule has 0 heterocycles. The number of nitrogens with zero attached hydrogens (tertiary/aromatic N) is 1. The van der Waals surface area contributed by atoms with Gasteiger partial charge in [-0.25, -0.2) is 9.18 Å². The van der Waals surface area contributed by atoms with E-state index in [0.29, 0.717) is 12.5 Å². The summed E-state index contributed by atoms with van der Waals surface area (Å²) in [6.07, 6.45) is 3.30. The highest BCUT2D eigenvalue weighted by atomic mass is 19.1. The zero-order valence-electron chi connectivity index (χ0n) is 13.5. The van der Waals surface area contributed by atoms with E-state index in [4.69, 9.17) is 0 Å². The Kier molecular flexibility index (Phi) is 6.38. The molecule has 1 aromatic carbocycles. The fourth-order valence-corrected chi connectivity index (χ4v) is 2.31. The predicted octanol–water partition coefficient (Wildman–Crippen LogP) is 2.27. The van der Waals surface area contributed by atoms with Gasteiger partial charge >= 0.3 is 6.03 Å². The van der Waals surface area contributed by atoms with Crippen molar-refractivity contribution < 1.29 is 14.0 Å². The van der Waals surface area contributed by atoms with E-state index >= 15 is 0 Å². The first-order valence-electron chi connectivity index (χ1n) is 8.12. The monoisotopic (exact) mass is 321 g/mol. The molecule has 0 atom stereocenters. The van der Waals surface area contributed by atoms with Gasteiger partial charge in [0.2, 0.25) is 5.91 Å². The number of nitrogens with one attached hydrogen (secondary N) is 2. The first-order chi connectivity index (χ1) is 11.1. The highest BCUT2D eigenvalue weighted by Gasteiger charge is 2.26. The largest absolute Gasteiger partial charge is 0.341 e. The standard InChI is InChI=1S/C17H24FN3O2/c1-2-9-21(12-14-3-4-14)16(22)11-20-17(23)19-10-13-5-7-15(18)8-6-13/h5-8,14H,2-4,9-12H2,1H3,(H2,19,20,23). The molecule has 0 aromatic heterocycles. The number of amides is 3. The molecule has 23 heavy (non-hydrogen) atoms. The number of carbonyl (C=O) groups is 2. The molecule has 2 N–H and O–H groups in total. The van der Waals surface area contributed by atoms with Gasteiger partial charge in [-0.2, -0.15) is 0 Å². The summed E-state index contributed by atoms with van der Waals surface area (Å²) in [5.41, 5.74) is 0.800. The Morgan fingerprint density at radius 2 is 1.91 bits per heavy atom. The van der Waals surface area contributed by atoms with E-state index in [1.54, 1.807) is 12.1 Å². The zero-order chi connectivity index (χ0) is 16.7. The molecule has 0 unspecified atom stereocenters. The van der Waals surface area contributed by atoms with Gasteiger partial charge < -0.3 is 15.5 Å². The van der Waals surface area contributed by atoms with Crippen molar-refractivity contribution in [2.24, 2.45) is 5.92 Å². The summed E-state index contributed by atoms with van der Waals surface area (Å²) in [6, 6.07) is 5.52. The van der Waals surface area contributed by atoms with E-state index in [1.807, 2.05) is 11.8 Å². The molecular weight excluding hydrogens is 297 g/mol. The average Bonchev–Trinajstić information content (AvgIpc) is 3.35. The normalized spacial score (nSPS) is 13.5. The summed E-state index contributed by atoms with van der Waals surface area (Å²) in [4.78, 5) is 25.7. The second-order valence-electron chi connectivity index (χ2n) is 5.95. The lowest BCUT2D eigenvalue weighted by Crippen LogP contribution is -2.44. The maximum absolute atomic E-state index is 12.8. The van der Waals surface area contributed by atoms with Gasteiger partial charge in [-0.1, -0.05) is 19.1 Å². The Hall–Kier alpha value is -2.11. The Labute approximate surface area is 136 Å². The summed E-state index contributed by atoms with van der Waals surface area (Å²) in [6.45, 7) is 3.86. The van der Waals surface area contributed by atoms with Crippen molar-refractivity contribution in [2.45, 2.75) is 32.7 Å². The maximum atomic E-state index is 12.8. The summed E-state index contributed by atoms with van der Waals surface area (Å²) in [7, 11) is 0. The van der Waals surface area contributed by atoms with Crippen molar-refractivity contribution in [2.75, 3.05) is 19.6 Å². The van der Waals surface area contributed by atoms with Crippen LogP contribution >= 0.6 is 0 Å². The van der Waals surface area contributed by atoms with Crippen molar-refractivity contribution in [3.8, 4) is 0 Å². The molecular formula is C17H24FN3O2. The summed E-state index contributed by atoms with van der Waals surface area (Å²) < 4.78 is 12.8. The topological polar surface area (TPSA) is 61.4 Å². The summed E-state index contributed by atoms with van der Waals surface area (Å²) in [5.74, 6) is 0.281. The number of urea groups is 1. The number of benzene rings is 1. The van der Waals surface area contributed by atoms with Crippen LogP contribution in [0.25, 0.3) is 0 Å². The van der Waals surface area contributed by atoms with Crippen LogP contribution in [0.2, 0.25) is 0 Å². The van der Waals surface area contributed by atoms with Gasteiger partial charge in [-0.05, 0) is 42.9 Å². The smallest absolute Gasteiger partial charge is 0.315 e. The van der Waals surface area contributed by atoms with E-state index in [0.717, 1.165) is 25.1 Å². The Morgan fingerprint density at radius 3 is 2.52 bits per heavy atom. The molecule has 3 amide bonds. The molecule has 1 fully saturated rings. The van der Waals surface area contributed by atoms with E-state index in [9.17, 15) is 14.0 Å². The third-order valence-electron chi connectivity index (χ3n) is 3.79. The molecule has 0 radical (unpaired) electrons. The van der Waals surface area contributed by atoms with Gasteiger partial charge in [0.15, 0.2) is 0 Å². The lowest BCUT2D eigenvalue weighted by atomic mass is 10.2. The van der Waals surface area contributed by atoms with Crippen LogP contribution < -0.4 is 10.6 Å². The number of halogens is 1. The molecule has 1 aliphatic carbocycles. The lowest BCUT2D eigenvalue weighted by Gasteiger charge is -2.22. The van der Waals surface area contributed by atoms with Crippen LogP contribution in [0.15, 0.2) is 24.3 Å². The predicted molar refractivity (Wildman–Crippen MR) is 86.2 cm³/mol. The molecule has 0 aliphatic heterocycles. The van der Waals surface area contributed by atoms with Crippen molar-refractivity contribution in [1.82, 2.24) is 15.5 Å². The molecule has 0 bridgehead atoms. The fraction of sp³-hybridized carbons (Fsp3) is 0.529. The minimum atomic E-state index is -0.398. The second kappa shape index (κ2) is 8.50. The van der Waals surface area contributed by atoms with Crippen LogP contribution in [-0.4, -0.2) is 36.5 Å². The molecule has 2 rings (SSSR count). The molecule has 6 heteroatoms. The number of carbonyl (C=O) groups excluding carboxylic acids is 2. The van der Waals surface area contributed by atoms with Crippen LogP contribution in [-0.2, 0) is 11.3 Å². The van der Waals surface area contributed by atoms with E-state index in [2.05, 4.69) is 10.6 Å². The minimum absolute atomic E-state index is 0.00196. The quantitative estimate of drug-likeness (QED) is 0.771. The van der Waals surface area contributed by atoms with Gasteiger partial charge in [0, 0.05) is 19.6 Å². The Bertz CT molecular complexity index is 529.